The van der Waals surface area contributed by atoms with E-state index in [2.05, 4.69) is 17.4 Å². The summed E-state index contributed by atoms with van der Waals surface area (Å²) in [6.07, 6.45) is 3.34. The lowest BCUT2D eigenvalue weighted by Gasteiger charge is -2.22. The number of carbonyl (C=O) groups excluding carboxylic acids is 1. The maximum atomic E-state index is 12.1. The number of nitrogens with one attached hydrogen (secondary N) is 1. The zero-order valence-corrected chi connectivity index (χ0v) is 11.8. The van der Waals surface area contributed by atoms with Crippen molar-refractivity contribution in [3.63, 3.8) is 0 Å². The molecule has 0 aromatic heterocycles. The number of hydrogen-bond donors (Lipinski definition) is 2. The van der Waals surface area contributed by atoms with Gasteiger partial charge in [0.2, 0.25) is 5.91 Å². The second kappa shape index (κ2) is 6.20. The molecule has 1 amide bonds. The number of nitrogens with two attached hydrogens (primary N) is 1. The van der Waals surface area contributed by atoms with E-state index >= 15 is 0 Å². The van der Waals surface area contributed by atoms with Crippen molar-refractivity contribution in [3.8, 4) is 0 Å². The van der Waals surface area contributed by atoms with Gasteiger partial charge in [0.05, 0.1) is 6.04 Å². The zero-order chi connectivity index (χ0) is 13.8. The number of benzene rings is 1. The Morgan fingerprint density at radius 1 is 1.32 bits per heavy atom. The second-order valence-electron chi connectivity index (χ2n) is 5.91. The molecule has 0 radical (unpaired) electrons. The molecular weight excluding hydrogens is 236 g/mol. The maximum absolute atomic E-state index is 12.1. The van der Waals surface area contributed by atoms with Crippen LogP contribution in [0.1, 0.15) is 32.3 Å². The van der Waals surface area contributed by atoms with Gasteiger partial charge in [-0.1, -0.05) is 44.2 Å². The summed E-state index contributed by atoms with van der Waals surface area (Å²) in [6, 6.07) is 10.2. The average Bonchev–Trinajstić information content (AvgIpc) is 3.22. The minimum absolute atomic E-state index is 0.0113. The van der Waals surface area contributed by atoms with Crippen LogP contribution in [-0.2, 0) is 11.2 Å². The highest BCUT2D eigenvalue weighted by molar-refractivity contribution is 5.82. The molecule has 3 heteroatoms. The summed E-state index contributed by atoms with van der Waals surface area (Å²) in [6.45, 7) is 3.96. The number of rotatable bonds is 6. The summed E-state index contributed by atoms with van der Waals surface area (Å²) in [4.78, 5) is 12.1. The van der Waals surface area contributed by atoms with Gasteiger partial charge in [0.1, 0.15) is 0 Å². The Balaban J connectivity index is 1.95. The molecule has 2 atom stereocenters. The van der Waals surface area contributed by atoms with Crippen molar-refractivity contribution in [1.82, 2.24) is 5.32 Å². The van der Waals surface area contributed by atoms with E-state index in [0.29, 0.717) is 5.92 Å². The van der Waals surface area contributed by atoms with E-state index < -0.39 is 6.04 Å². The van der Waals surface area contributed by atoms with Gasteiger partial charge in [-0.3, -0.25) is 4.79 Å². The highest BCUT2D eigenvalue weighted by Gasteiger charge is 2.33. The van der Waals surface area contributed by atoms with E-state index in [1.807, 2.05) is 32.0 Å². The molecule has 3 nitrogen and oxygen atoms in total. The van der Waals surface area contributed by atoms with E-state index in [0.717, 1.165) is 6.42 Å². The topological polar surface area (TPSA) is 55.1 Å². The fourth-order valence-electron chi connectivity index (χ4n) is 2.28. The highest BCUT2D eigenvalue weighted by atomic mass is 16.2. The molecule has 0 bridgehead atoms. The third-order valence-corrected chi connectivity index (χ3v) is 3.84. The molecule has 1 aromatic carbocycles. The molecule has 1 aromatic rings. The summed E-state index contributed by atoms with van der Waals surface area (Å²) in [5, 5.41) is 3.14. The van der Waals surface area contributed by atoms with Gasteiger partial charge in [-0.25, -0.2) is 0 Å². The first-order valence-corrected chi connectivity index (χ1v) is 7.18. The maximum Gasteiger partial charge on any atom is 0.237 e. The van der Waals surface area contributed by atoms with E-state index in [-0.39, 0.29) is 17.9 Å². The van der Waals surface area contributed by atoms with Gasteiger partial charge in [-0.15, -0.1) is 0 Å². The molecule has 1 aliphatic carbocycles. The van der Waals surface area contributed by atoms with Crippen LogP contribution in [0.4, 0.5) is 0 Å². The molecule has 1 unspecified atom stereocenters. The Labute approximate surface area is 115 Å². The molecule has 0 saturated heterocycles. The molecule has 0 heterocycles. The standard InChI is InChI=1S/C16H24N2O/c1-11(2)15(17)16(19)18-14(13-8-9-13)10-12-6-4-3-5-7-12/h3-7,11,13-15H,8-10,17H2,1-2H3,(H,18,19)/t14?,15-/m0/s1. The van der Waals surface area contributed by atoms with Crippen molar-refractivity contribution in [3.05, 3.63) is 35.9 Å². The number of carbonyl (C=O) groups is 1. The van der Waals surface area contributed by atoms with Crippen molar-refractivity contribution in [2.45, 2.75) is 45.2 Å². The van der Waals surface area contributed by atoms with Crippen LogP contribution in [-0.4, -0.2) is 18.0 Å². The lowest BCUT2D eigenvalue weighted by Crippen LogP contribution is -2.49. The van der Waals surface area contributed by atoms with Gasteiger partial charge in [0.15, 0.2) is 0 Å². The van der Waals surface area contributed by atoms with Crippen molar-refractivity contribution in [1.29, 1.82) is 0 Å². The van der Waals surface area contributed by atoms with Gasteiger partial charge in [-0.2, -0.15) is 0 Å². The molecule has 19 heavy (non-hydrogen) atoms. The Morgan fingerprint density at radius 3 is 2.47 bits per heavy atom. The number of hydrogen-bond acceptors (Lipinski definition) is 2. The normalized spacial score (nSPS) is 18.1. The predicted molar refractivity (Wildman–Crippen MR) is 77.6 cm³/mol. The lowest BCUT2D eigenvalue weighted by atomic mass is 10.00. The van der Waals surface area contributed by atoms with Gasteiger partial charge in [0, 0.05) is 6.04 Å². The summed E-state index contributed by atoms with van der Waals surface area (Å²) in [5.41, 5.74) is 7.19. The van der Waals surface area contributed by atoms with E-state index in [9.17, 15) is 4.79 Å². The smallest absolute Gasteiger partial charge is 0.237 e. The second-order valence-corrected chi connectivity index (χ2v) is 5.91. The van der Waals surface area contributed by atoms with Crippen LogP contribution in [0.15, 0.2) is 30.3 Å². The SMILES string of the molecule is CC(C)[C@H](N)C(=O)NC(Cc1ccccc1)C1CC1. The van der Waals surface area contributed by atoms with Gasteiger partial charge in [-0.05, 0) is 36.7 Å². The third kappa shape index (κ3) is 4.06. The first kappa shape index (κ1) is 14.1. The molecule has 3 N–H and O–H groups in total. The predicted octanol–water partition coefficient (Wildman–Crippen LogP) is 2.11. The van der Waals surface area contributed by atoms with Gasteiger partial charge < -0.3 is 11.1 Å². The fourth-order valence-corrected chi connectivity index (χ4v) is 2.28. The first-order chi connectivity index (χ1) is 9.08. The molecule has 104 valence electrons. The summed E-state index contributed by atoms with van der Waals surface area (Å²) in [5.74, 6) is 0.794. The summed E-state index contributed by atoms with van der Waals surface area (Å²) in [7, 11) is 0. The van der Waals surface area contributed by atoms with Gasteiger partial charge in [0.25, 0.3) is 0 Å². The molecular formula is C16H24N2O. The van der Waals surface area contributed by atoms with E-state index in [1.54, 1.807) is 0 Å². The molecule has 0 spiro atoms. The lowest BCUT2D eigenvalue weighted by molar-refractivity contribution is -0.124. The molecule has 1 aliphatic rings. The van der Waals surface area contributed by atoms with Crippen LogP contribution in [0, 0.1) is 11.8 Å². The Morgan fingerprint density at radius 2 is 1.95 bits per heavy atom. The Hall–Kier alpha value is -1.35. The molecule has 1 fully saturated rings. The highest BCUT2D eigenvalue weighted by Crippen LogP contribution is 2.34. The molecule has 0 aliphatic heterocycles. The zero-order valence-electron chi connectivity index (χ0n) is 11.8. The van der Waals surface area contributed by atoms with Crippen molar-refractivity contribution in [2.24, 2.45) is 17.6 Å². The molecule has 2 rings (SSSR count). The Kier molecular flexibility index (Phi) is 4.59. The average molecular weight is 260 g/mol. The monoisotopic (exact) mass is 260 g/mol. The van der Waals surface area contributed by atoms with Crippen LogP contribution in [0.5, 0.6) is 0 Å². The quantitative estimate of drug-likeness (QED) is 0.823. The summed E-state index contributed by atoms with van der Waals surface area (Å²) < 4.78 is 0. The van der Waals surface area contributed by atoms with E-state index in [4.69, 9.17) is 5.73 Å². The fraction of sp³-hybridized carbons (Fsp3) is 0.562. The number of amides is 1. The van der Waals surface area contributed by atoms with E-state index in [1.165, 1.54) is 18.4 Å². The van der Waals surface area contributed by atoms with Crippen LogP contribution >= 0.6 is 0 Å². The van der Waals surface area contributed by atoms with Crippen molar-refractivity contribution < 1.29 is 4.79 Å². The Bertz CT molecular complexity index is 412. The van der Waals surface area contributed by atoms with Crippen LogP contribution in [0.3, 0.4) is 0 Å². The van der Waals surface area contributed by atoms with Gasteiger partial charge >= 0.3 is 0 Å². The van der Waals surface area contributed by atoms with Crippen LogP contribution in [0.25, 0.3) is 0 Å². The largest absolute Gasteiger partial charge is 0.351 e. The first-order valence-electron chi connectivity index (χ1n) is 7.18. The van der Waals surface area contributed by atoms with Crippen LogP contribution in [0.2, 0.25) is 0 Å². The molecule has 1 saturated carbocycles. The minimum Gasteiger partial charge on any atom is -0.351 e. The van der Waals surface area contributed by atoms with Crippen molar-refractivity contribution >= 4 is 5.91 Å². The summed E-state index contributed by atoms with van der Waals surface area (Å²) >= 11 is 0. The van der Waals surface area contributed by atoms with Crippen molar-refractivity contribution in [2.75, 3.05) is 0 Å². The third-order valence-electron chi connectivity index (χ3n) is 3.84. The minimum atomic E-state index is -0.406. The van der Waals surface area contributed by atoms with Crippen LogP contribution < -0.4 is 11.1 Å².